The summed E-state index contributed by atoms with van der Waals surface area (Å²) < 4.78 is 0. The summed E-state index contributed by atoms with van der Waals surface area (Å²) in [6.45, 7) is 5.77. The molecule has 0 bridgehead atoms. The molecule has 0 fully saturated rings. The van der Waals surface area contributed by atoms with Crippen LogP contribution in [-0.4, -0.2) is 19.9 Å². The van der Waals surface area contributed by atoms with Gasteiger partial charge in [0, 0.05) is 11.3 Å². The quantitative estimate of drug-likeness (QED) is 0.747. The predicted octanol–water partition coefficient (Wildman–Crippen LogP) is 2.52. The first-order valence-electron chi connectivity index (χ1n) is 6.52. The third-order valence-electron chi connectivity index (χ3n) is 3.15. The van der Waals surface area contributed by atoms with Gasteiger partial charge in [0.15, 0.2) is 0 Å². The molecule has 0 spiro atoms. The Kier molecular flexibility index (Phi) is 2.79. The Morgan fingerprint density at radius 3 is 2.70 bits per heavy atom. The van der Waals surface area contributed by atoms with E-state index in [4.69, 9.17) is 5.73 Å². The minimum absolute atomic E-state index is 0.557. The summed E-state index contributed by atoms with van der Waals surface area (Å²) in [7, 11) is 0. The highest BCUT2D eigenvalue weighted by Crippen LogP contribution is 2.23. The number of rotatable bonds is 2. The third-order valence-corrected chi connectivity index (χ3v) is 3.15. The van der Waals surface area contributed by atoms with Gasteiger partial charge in [0.05, 0.1) is 28.6 Å². The van der Waals surface area contributed by atoms with Crippen molar-refractivity contribution in [1.82, 2.24) is 19.9 Å². The van der Waals surface area contributed by atoms with E-state index >= 15 is 0 Å². The molecule has 20 heavy (non-hydrogen) atoms. The molecule has 0 amide bonds. The molecule has 3 rings (SSSR count). The Labute approximate surface area is 117 Å². The van der Waals surface area contributed by atoms with Crippen LogP contribution in [0, 0.1) is 6.92 Å². The number of H-pyrrole nitrogens is 1. The van der Waals surface area contributed by atoms with Gasteiger partial charge in [-0.25, -0.2) is 15.0 Å². The molecule has 0 saturated carbocycles. The number of aromatic nitrogens is 4. The van der Waals surface area contributed by atoms with Gasteiger partial charge in [0.1, 0.15) is 5.82 Å². The minimum atomic E-state index is -0.557. The van der Waals surface area contributed by atoms with Crippen molar-refractivity contribution in [3.8, 4) is 11.3 Å². The molecule has 0 aliphatic carbocycles. The molecule has 2 aromatic heterocycles. The van der Waals surface area contributed by atoms with E-state index in [2.05, 4.69) is 19.9 Å². The van der Waals surface area contributed by atoms with Crippen molar-refractivity contribution in [2.24, 2.45) is 5.73 Å². The van der Waals surface area contributed by atoms with Crippen LogP contribution in [0.1, 0.15) is 25.4 Å². The van der Waals surface area contributed by atoms with Crippen LogP contribution < -0.4 is 5.73 Å². The van der Waals surface area contributed by atoms with Crippen LogP contribution in [0.2, 0.25) is 0 Å². The first-order valence-corrected chi connectivity index (χ1v) is 6.52. The summed E-state index contributed by atoms with van der Waals surface area (Å²) >= 11 is 0. The number of nitrogens with one attached hydrogen (secondary N) is 1. The smallest absolute Gasteiger partial charge is 0.148 e. The summed E-state index contributed by atoms with van der Waals surface area (Å²) in [4.78, 5) is 16.4. The Balaban J connectivity index is 2.15. The Bertz CT molecular complexity index is 767. The number of aryl methyl sites for hydroxylation is 1. The first kappa shape index (κ1) is 12.7. The lowest BCUT2D eigenvalue weighted by Crippen LogP contribution is -2.31. The summed E-state index contributed by atoms with van der Waals surface area (Å²) in [5.74, 6) is 0.650. The lowest BCUT2D eigenvalue weighted by atomic mass is 10.0. The summed E-state index contributed by atoms with van der Waals surface area (Å²) in [5, 5.41) is 0. The SMILES string of the molecule is Cc1cc(-c2ccc3nc[nH]c3c2)nc(C(C)(C)N)n1. The van der Waals surface area contributed by atoms with Crippen LogP contribution >= 0.6 is 0 Å². The second-order valence-electron chi connectivity index (χ2n) is 5.57. The van der Waals surface area contributed by atoms with Gasteiger partial charge in [-0.1, -0.05) is 6.07 Å². The highest BCUT2D eigenvalue weighted by Gasteiger charge is 2.19. The Hall–Kier alpha value is -2.27. The molecule has 3 N–H and O–H groups in total. The molecular formula is C15H17N5. The molecule has 0 aliphatic heterocycles. The number of fused-ring (bicyclic) bond motifs is 1. The van der Waals surface area contributed by atoms with Gasteiger partial charge in [0.25, 0.3) is 0 Å². The maximum Gasteiger partial charge on any atom is 0.148 e. The second kappa shape index (κ2) is 4.38. The monoisotopic (exact) mass is 267 g/mol. The zero-order valence-electron chi connectivity index (χ0n) is 11.8. The molecule has 2 heterocycles. The normalized spacial score (nSPS) is 12.0. The van der Waals surface area contributed by atoms with Crippen LogP contribution in [0.3, 0.4) is 0 Å². The summed E-state index contributed by atoms with van der Waals surface area (Å²) in [5.41, 5.74) is 10.3. The largest absolute Gasteiger partial charge is 0.345 e. The van der Waals surface area contributed by atoms with E-state index in [0.29, 0.717) is 5.82 Å². The molecule has 0 radical (unpaired) electrons. The van der Waals surface area contributed by atoms with Crippen molar-refractivity contribution >= 4 is 11.0 Å². The molecule has 5 nitrogen and oxygen atoms in total. The highest BCUT2D eigenvalue weighted by atomic mass is 15.0. The zero-order valence-corrected chi connectivity index (χ0v) is 11.8. The molecule has 3 aromatic rings. The van der Waals surface area contributed by atoms with E-state index in [1.807, 2.05) is 45.0 Å². The molecule has 0 atom stereocenters. The Morgan fingerprint density at radius 1 is 1.15 bits per heavy atom. The lowest BCUT2D eigenvalue weighted by Gasteiger charge is -2.18. The Morgan fingerprint density at radius 2 is 1.95 bits per heavy atom. The van der Waals surface area contributed by atoms with Gasteiger partial charge in [0.2, 0.25) is 0 Å². The van der Waals surface area contributed by atoms with Crippen LogP contribution in [0.4, 0.5) is 0 Å². The van der Waals surface area contributed by atoms with Gasteiger partial charge in [-0.05, 0) is 39.0 Å². The van der Waals surface area contributed by atoms with Gasteiger partial charge in [-0.2, -0.15) is 0 Å². The topological polar surface area (TPSA) is 80.5 Å². The predicted molar refractivity (Wildman–Crippen MR) is 79.1 cm³/mol. The average molecular weight is 267 g/mol. The first-order chi connectivity index (χ1) is 9.43. The standard InChI is InChI=1S/C15H17N5/c1-9-6-12(20-14(19-9)15(2,3)16)10-4-5-11-13(7-10)18-8-17-11/h4-8H,16H2,1-3H3,(H,17,18). The summed E-state index contributed by atoms with van der Waals surface area (Å²) in [6, 6.07) is 7.99. The van der Waals surface area contributed by atoms with Gasteiger partial charge in [-0.15, -0.1) is 0 Å². The van der Waals surface area contributed by atoms with Crippen LogP contribution in [-0.2, 0) is 5.54 Å². The van der Waals surface area contributed by atoms with Gasteiger partial charge in [-0.3, -0.25) is 0 Å². The fraction of sp³-hybridized carbons (Fsp3) is 0.267. The fourth-order valence-corrected chi connectivity index (χ4v) is 2.10. The van der Waals surface area contributed by atoms with Gasteiger partial charge < -0.3 is 10.7 Å². The van der Waals surface area contributed by atoms with E-state index in [9.17, 15) is 0 Å². The van der Waals surface area contributed by atoms with E-state index in [-0.39, 0.29) is 0 Å². The minimum Gasteiger partial charge on any atom is -0.345 e. The van der Waals surface area contributed by atoms with Crippen LogP contribution in [0.5, 0.6) is 0 Å². The van der Waals surface area contributed by atoms with E-state index in [1.54, 1.807) is 6.33 Å². The number of aromatic amines is 1. The maximum absolute atomic E-state index is 6.11. The molecule has 0 unspecified atom stereocenters. The highest BCUT2D eigenvalue weighted by molar-refractivity contribution is 5.80. The van der Waals surface area contributed by atoms with Crippen molar-refractivity contribution in [1.29, 1.82) is 0 Å². The molecule has 102 valence electrons. The molecule has 0 aliphatic rings. The number of hydrogen-bond donors (Lipinski definition) is 2. The number of hydrogen-bond acceptors (Lipinski definition) is 4. The van der Waals surface area contributed by atoms with Crippen molar-refractivity contribution in [3.05, 3.63) is 42.1 Å². The number of benzene rings is 1. The van der Waals surface area contributed by atoms with Crippen molar-refractivity contribution in [3.63, 3.8) is 0 Å². The molecule has 1 aromatic carbocycles. The lowest BCUT2D eigenvalue weighted by molar-refractivity contribution is 0.512. The van der Waals surface area contributed by atoms with Crippen LogP contribution in [0.25, 0.3) is 22.3 Å². The van der Waals surface area contributed by atoms with E-state index in [0.717, 1.165) is 28.0 Å². The van der Waals surface area contributed by atoms with Crippen molar-refractivity contribution in [2.45, 2.75) is 26.3 Å². The van der Waals surface area contributed by atoms with Crippen LogP contribution in [0.15, 0.2) is 30.6 Å². The third kappa shape index (κ3) is 2.28. The van der Waals surface area contributed by atoms with E-state index in [1.165, 1.54) is 0 Å². The van der Waals surface area contributed by atoms with Crippen molar-refractivity contribution in [2.75, 3.05) is 0 Å². The fourth-order valence-electron chi connectivity index (χ4n) is 2.10. The molecule has 5 heteroatoms. The summed E-state index contributed by atoms with van der Waals surface area (Å²) in [6.07, 6.45) is 1.69. The maximum atomic E-state index is 6.11. The zero-order chi connectivity index (χ0) is 14.3. The second-order valence-corrected chi connectivity index (χ2v) is 5.57. The molecular weight excluding hydrogens is 250 g/mol. The molecule has 0 saturated heterocycles. The van der Waals surface area contributed by atoms with Gasteiger partial charge >= 0.3 is 0 Å². The number of nitrogens with two attached hydrogens (primary N) is 1. The average Bonchev–Trinajstić information content (AvgIpc) is 2.84. The number of imidazole rings is 1. The number of nitrogens with zero attached hydrogens (tertiary/aromatic N) is 3. The van der Waals surface area contributed by atoms with Crippen molar-refractivity contribution < 1.29 is 0 Å². The van der Waals surface area contributed by atoms with E-state index < -0.39 is 5.54 Å².